The van der Waals surface area contributed by atoms with Crippen LogP contribution in [-0.4, -0.2) is 45.2 Å². The molecule has 0 bridgehead atoms. The molecule has 1 amide bonds. The van der Waals surface area contributed by atoms with Crippen molar-refractivity contribution >= 4 is 17.2 Å². The Morgan fingerprint density at radius 2 is 2.08 bits per heavy atom. The Morgan fingerprint density at radius 1 is 1.38 bits per heavy atom. The molecular weight excluding hydrogens is 322 g/mol. The van der Waals surface area contributed by atoms with Gasteiger partial charge in [-0.2, -0.15) is 0 Å². The summed E-state index contributed by atoms with van der Waals surface area (Å²) in [6, 6.07) is 1.97. The highest BCUT2D eigenvalue weighted by molar-refractivity contribution is 7.12. The quantitative estimate of drug-likeness (QED) is 0.924. The minimum absolute atomic E-state index is 0.00540. The number of carbonyl (C=O) groups excluding carboxylic acids is 1. The topological polar surface area (TPSA) is 58.4 Å². The molecule has 5 nitrogen and oxygen atoms in total. The molecule has 3 rings (SSSR count). The van der Waals surface area contributed by atoms with E-state index in [0.29, 0.717) is 13.1 Å². The lowest BCUT2D eigenvalue weighted by Crippen LogP contribution is -2.44. The summed E-state index contributed by atoms with van der Waals surface area (Å²) >= 11 is 1.57. The lowest BCUT2D eigenvalue weighted by Gasteiger charge is -2.40. The summed E-state index contributed by atoms with van der Waals surface area (Å²) < 4.78 is 2.05. The van der Waals surface area contributed by atoms with Gasteiger partial charge in [0.25, 0.3) is 5.91 Å². The second kappa shape index (κ2) is 6.69. The number of likely N-dealkylation sites (tertiary alicyclic amines) is 1. The fourth-order valence-electron chi connectivity index (χ4n) is 3.58. The van der Waals surface area contributed by atoms with Gasteiger partial charge in [0.05, 0.1) is 5.56 Å². The van der Waals surface area contributed by atoms with E-state index in [1.807, 2.05) is 34.8 Å². The van der Waals surface area contributed by atoms with Crippen LogP contribution in [-0.2, 0) is 0 Å². The molecule has 2 aromatic heterocycles. The van der Waals surface area contributed by atoms with Crippen LogP contribution < -0.4 is 0 Å². The van der Waals surface area contributed by atoms with E-state index in [-0.39, 0.29) is 17.9 Å². The summed E-state index contributed by atoms with van der Waals surface area (Å²) in [7, 11) is 0. The van der Waals surface area contributed by atoms with Gasteiger partial charge in [0.1, 0.15) is 0 Å². The molecule has 6 heteroatoms. The van der Waals surface area contributed by atoms with Gasteiger partial charge in [-0.15, -0.1) is 11.3 Å². The third-order valence-electron chi connectivity index (χ3n) is 5.47. The van der Waals surface area contributed by atoms with Gasteiger partial charge in [-0.1, -0.05) is 6.92 Å². The SMILES string of the molecule is CCC1(CO)CCN(C(=O)c2cc(C)n(-c3nccs3)c2C)CC1. The van der Waals surface area contributed by atoms with Crippen molar-refractivity contribution in [2.24, 2.45) is 5.41 Å². The number of aromatic nitrogens is 2. The van der Waals surface area contributed by atoms with Gasteiger partial charge in [-0.05, 0) is 44.6 Å². The Hall–Kier alpha value is -1.66. The molecule has 24 heavy (non-hydrogen) atoms. The third-order valence-corrected chi connectivity index (χ3v) is 6.23. The van der Waals surface area contributed by atoms with E-state index < -0.39 is 0 Å². The van der Waals surface area contributed by atoms with Crippen LogP contribution in [0.1, 0.15) is 47.9 Å². The maximum absolute atomic E-state index is 13.0. The van der Waals surface area contributed by atoms with Crippen molar-refractivity contribution in [2.45, 2.75) is 40.0 Å². The Bertz CT molecular complexity index is 707. The highest BCUT2D eigenvalue weighted by Crippen LogP contribution is 2.35. The number of thiazole rings is 1. The third kappa shape index (κ3) is 2.89. The molecule has 0 unspecified atom stereocenters. The Morgan fingerprint density at radius 3 is 2.62 bits per heavy atom. The molecule has 1 saturated heterocycles. The molecule has 1 N–H and O–H groups in total. The molecule has 3 heterocycles. The van der Waals surface area contributed by atoms with E-state index in [1.54, 1.807) is 17.5 Å². The smallest absolute Gasteiger partial charge is 0.255 e. The maximum Gasteiger partial charge on any atom is 0.255 e. The molecule has 2 aromatic rings. The summed E-state index contributed by atoms with van der Waals surface area (Å²) in [5.41, 5.74) is 2.73. The zero-order valence-electron chi connectivity index (χ0n) is 14.6. The lowest BCUT2D eigenvalue weighted by atomic mass is 9.77. The lowest BCUT2D eigenvalue weighted by molar-refractivity contribution is 0.0337. The number of piperidine rings is 1. The van der Waals surface area contributed by atoms with Crippen LogP contribution in [0.4, 0.5) is 0 Å². The average Bonchev–Trinajstić information content (AvgIpc) is 3.22. The second-order valence-corrected chi connectivity index (χ2v) is 7.61. The molecule has 0 radical (unpaired) electrons. The maximum atomic E-state index is 13.0. The Labute approximate surface area is 146 Å². The van der Waals surface area contributed by atoms with Crippen molar-refractivity contribution in [1.29, 1.82) is 0 Å². The number of aliphatic hydroxyl groups is 1. The number of rotatable bonds is 4. The summed E-state index contributed by atoms with van der Waals surface area (Å²) in [5, 5.41) is 12.5. The molecule has 1 fully saturated rings. The fourth-order valence-corrected chi connectivity index (χ4v) is 4.33. The van der Waals surface area contributed by atoms with Gasteiger partial charge in [0.2, 0.25) is 0 Å². The van der Waals surface area contributed by atoms with E-state index in [9.17, 15) is 9.90 Å². The van der Waals surface area contributed by atoms with Gasteiger partial charge >= 0.3 is 0 Å². The number of aliphatic hydroxyl groups excluding tert-OH is 1. The van der Waals surface area contributed by atoms with E-state index in [1.165, 1.54) is 0 Å². The molecular formula is C18H25N3O2S. The predicted octanol–water partition coefficient (Wildman–Crippen LogP) is 3.18. The summed E-state index contributed by atoms with van der Waals surface area (Å²) in [6.07, 6.45) is 4.49. The zero-order valence-corrected chi connectivity index (χ0v) is 15.4. The Kier molecular flexibility index (Phi) is 4.78. The zero-order chi connectivity index (χ0) is 17.3. The largest absolute Gasteiger partial charge is 0.396 e. The normalized spacial score (nSPS) is 17.2. The first-order valence-electron chi connectivity index (χ1n) is 8.50. The first-order valence-corrected chi connectivity index (χ1v) is 9.38. The van der Waals surface area contributed by atoms with Crippen molar-refractivity contribution < 1.29 is 9.90 Å². The van der Waals surface area contributed by atoms with Gasteiger partial charge in [0, 0.05) is 42.7 Å². The molecule has 1 aliphatic rings. The standard InChI is InChI=1S/C18H25N3O2S/c1-4-18(12-22)5-8-20(9-6-18)16(23)15-11-13(2)21(14(15)3)17-19-7-10-24-17/h7,10-11,22H,4-6,8-9,12H2,1-3H3. The molecule has 0 saturated carbocycles. The highest BCUT2D eigenvalue weighted by atomic mass is 32.1. The van der Waals surface area contributed by atoms with Crippen LogP contribution in [0, 0.1) is 19.3 Å². The van der Waals surface area contributed by atoms with E-state index in [0.717, 1.165) is 41.3 Å². The van der Waals surface area contributed by atoms with E-state index in [2.05, 4.69) is 11.9 Å². The molecule has 130 valence electrons. The highest BCUT2D eigenvalue weighted by Gasteiger charge is 2.34. The summed E-state index contributed by atoms with van der Waals surface area (Å²) in [5.74, 6) is 0.0912. The Balaban J connectivity index is 1.81. The van der Waals surface area contributed by atoms with Crippen molar-refractivity contribution in [3.8, 4) is 5.13 Å². The number of hydrogen-bond acceptors (Lipinski definition) is 4. The van der Waals surface area contributed by atoms with Crippen LogP contribution in [0.25, 0.3) is 5.13 Å². The number of hydrogen-bond donors (Lipinski definition) is 1. The van der Waals surface area contributed by atoms with Crippen molar-refractivity contribution in [1.82, 2.24) is 14.5 Å². The fraction of sp³-hybridized carbons (Fsp3) is 0.556. The predicted molar refractivity (Wildman–Crippen MR) is 95.9 cm³/mol. The van der Waals surface area contributed by atoms with Crippen LogP contribution in [0.3, 0.4) is 0 Å². The van der Waals surface area contributed by atoms with Gasteiger partial charge < -0.3 is 10.0 Å². The molecule has 1 aliphatic heterocycles. The molecule has 0 atom stereocenters. The van der Waals surface area contributed by atoms with Crippen molar-refractivity contribution in [3.63, 3.8) is 0 Å². The first kappa shape index (κ1) is 17.2. The number of amides is 1. The average molecular weight is 347 g/mol. The molecule has 0 spiro atoms. The van der Waals surface area contributed by atoms with Crippen LogP contribution >= 0.6 is 11.3 Å². The van der Waals surface area contributed by atoms with E-state index >= 15 is 0 Å². The van der Waals surface area contributed by atoms with Crippen LogP contribution in [0.15, 0.2) is 17.6 Å². The summed E-state index contributed by atoms with van der Waals surface area (Å²) in [4.78, 5) is 19.3. The van der Waals surface area contributed by atoms with Gasteiger partial charge in [-0.3, -0.25) is 9.36 Å². The summed E-state index contributed by atoms with van der Waals surface area (Å²) in [6.45, 7) is 7.76. The minimum Gasteiger partial charge on any atom is -0.396 e. The van der Waals surface area contributed by atoms with Gasteiger partial charge in [-0.25, -0.2) is 4.98 Å². The minimum atomic E-state index is -0.00540. The monoisotopic (exact) mass is 347 g/mol. The van der Waals surface area contributed by atoms with Crippen molar-refractivity contribution in [3.05, 3.63) is 34.6 Å². The number of aryl methyl sites for hydroxylation is 1. The van der Waals surface area contributed by atoms with Crippen molar-refractivity contribution in [2.75, 3.05) is 19.7 Å². The van der Waals surface area contributed by atoms with E-state index in [4.69, 9.17) is 0 Å². The van der Waals surface area contributed by atoms with Crippen LogP contribution in [0.5, 0.6) is 0 Å². The number of carbonyl (C=O) groups is 1. The number of nitrogens with zero attached hydrogens (tertiary/aromatic N) is 3. The van der Waals surface area contributed by atoms with Crippen LogP contribution in [0.2, 0.25) is 0 Å². The van der Waals surface area contributed by atoms with Gasteiger partial charge in [0.15, 0.2) is 5.13 Å². The first-order chi connectivity index (χ1) is 11.5. The second-order valence-electron chi connectivity index (χ2n) is 6.74. The molecule has 0 aliphatic carbocycles. The molecule has 0 aromatic carbocycles.